The molecule has 0 aliphatic rings. The van der Waals surface area contributed by atoms with Gasteiger partial charge in [-0.25, -0.2) is 0 Å². The molecule has 2 nitrogen and oxygen atoms in total. The molecule has 0 aromatic carbocycles. The van der Waals surface area contributed by atoms with E-state index in [-0.39, 0.29) is 0 Å². The van der Waals surface area contributed by atoms with E-state index >= 15 is 0 Å². The van der Waals surface area contributed by atoms with Crippen LogP contribution < -0.4 is 0 Å². The topological polar surface area (TPSA) is 18.5 Å². The van der Waals surface area contributed by atoms with Crippen LogP contribution in [0.4, 0.5) is 0 Å². The van der Waals surface area contributed by atoms with Crippen molar-refractivity contribution in [3.05, 3.63) is 0 Å². The van der Waals surface area contributed by atoms with E-state index in [1.165, 1.54) is 89.1 Å². The molecule has 0 aromatic rings. The van der Waals surface area contributed by atoms with Crippen LogP contribution in [0.25, 0.3) is 0 Å². The van der Waals surface area contributed by atoms with E-state index in [0.29, 0.717) is 0 Å². The molecule has 0 spiro atoms. The second kappa shape index (κ2) is 17.0. The average molecular weight is 345 g/mol. The standard InChI is InChI=1S/C20H44O2Si/c1-5-9-13-15-17-21-23(19-11-7-3,20-12-8-4)22-18-16-14-10-6-2/h5-20H2,1-4H3. The lowest BCUT2D eigenvalue weighted by molar-refractivity contribution is 0.159. The van der Waals surface area contributed by atoms with Crippen LogP contribution in [0, 0.1) is 0 Å². The summed E-state index contributed by atoms with van der Waals surface area (Å²) in [7, 11) is -1.96. The van der Waals surface area contributed by atoms with Crippen LogP contribution in [-0.2, 0) is 8.85 Å². The lowest BCUT2D eigenvalue weighted by Crippen LogP contribution is -2.42. The van der Waals surface area contributed by atoms with Crippen molar-refractivity contribution in [1.29, 1.82) is 0 Å². The summed E-state index contributed by atoms with van der Waals surface area (Å²) in [6.45, 7) is 10.9. The maximum atomic E-state index is 6.50. The molecule has 3 heteroatoms. The highest BCUT2D eigenvalue weighted by atomic mass is 28.4. The minimum absolute atomic E-state index is 0.925. The zero-order valence-corrected chi connectivity index (χ0v) is 17.6. The smallest absolute Gasteiger partial charge is 0.338 e. The van der Waals surface area contributed by atoms with E-state index < -0.39 is 8.56 Å². The van der Waals surface area contributed by atoms with E-state index in [1.54, 1.807) is 0 Å². The van der Waals surface area contributed by atoms with Gasteiger partial charge in [-0.3, -0.25) is 0 Å². The fourth-order valence-corrected chi connectivity index (χ4v) is 6.65. The monoisotopic (exact) mass is 344 g/mol. The van der Waals surface area contributed by atoms with Gasteiger partial charge in [0, 0.05) is 13.2 Å². The quantitative estimate of drug-likeness (QED) is 0.193. The molecule has 0 N–H and O–H groups in total. The fraction of sp³-hybridized carbons (Fsp3) is 1.00. The number of unbranched alkanes of at least 4 members (excludes halogenated alkanes) is 8. The predicted molar refractivity (Wildman–Crippen MR) is 105 cm³/mol. The normalized spacial score (nSPS) is 12.0. The zero-order valence-electron chi connectivity index (χ0n) is 16.6. The van der Waals surface area contributed by atoms with Gasteiger partial charge in [0.2, 0.25) is 0 Å². The summed E-state index contributed by atoms with van der Waals surface area (Å²) in [4.78, 5) is 0. The molecule has 0 aromatic heterocycles. The Labute approximate surface area is 148 Å². The fourth-order valence-electron chi connectivity index (χ4n) is 2.92. The third kappa shape index (κ3) is 13.1. The summed E-state index contributed by atoms with van der Waals surface area (Å²) in [5.41, 5.74) is 0. The summed E-state index contributed by atoms with van der Waals surface area (Å²) in [5.74, 6) is 0. The first-order chi connectivity index (χ1) is 11.2. The molecule has 0 saturated heterocycles. The predicted octanol–water partition coefficient (Wildman–Crippen LogP) is 7.22. The molecule has 23 heavy (non-hydrogen) atoms. The second-order valence-electron chi connectivity index (χ2n) is 6.94. The lowest BCUT2D eigenvalue weighted by atomic mass is 10.2. The van der Waals surface area contributed by atoms with E-state index in [2.05, 4.69) is 27.7 Å². The van der Waals surface area contributed by atoms with Crippen molar-refractivity contribution in [3.63, 3.8) is 0 Å². The molecule has 0 amide bonds. The van der Waals surface area contributed by atoms with Crippen molar-refractivity contribution in [1.82, 2.24) is 0 Å². The van der Waals surface area contributed by atoms with Gasteiger partial charge >= 0.3 is 8.56 Å². The van der Waals surface area contributed by atoms with Gasteiger partial charge in [-0.1, -0.05) is 91.9 Å². The molecular weight excluding hydrogens is 300 g/mol. The van der Waals surface area contributed by atoms with Gasteiger partial charge in [0.1, 0.15) is 0 Å². The summed E-state index contributed by atoms with van der Waals surface area (Å²) < 4.78 is 13.0. The first-order valence-corrected chi connectivity index (χ1v) is 12.8. The number of rotatable bonds is 18. The van der Waals surface area contributed by atoms with Crippen LogP contribution in [0.3, 0.4) is 0 Å². The number of hydrogen-bond acceptors (Lipinski definition) is 2. The minimum atomic E-state index is -1.96. The second-order valence-corrected chi connectivity index (χ2v) is 10.3. The van der Waals surface area contributed by atoms with Crippen LogP contribution >= 0.6 is 0 Å². The zero-order chi connectivity index (χ0) is 17.2. The Morgan fingerprint density at radius 1 is 0.478 bits per heavy atom. The molecule has 0 heterocycles. The molecule has 0 unspecified atom stereocenters. The van der Waals surface area contributed by atoms with Crippen molar-refractivity contribution in [3.8, 4) is 0 Å². The Morgan fingerprint density at radius 3 is 1.22 bits per heavy atom. The molecule has 0 aliphatic heterocycles. The Morgan fingerprint density at radius 2 is 0.870 bits per heavy atom. The first kappa shape index (κ1) is 23.1. The first-order valence-electron chi connectivity index (χ1n) is 10.5. The molecule has 0 bridgehead atoms. The highest BCUT2D eigenvalue weighted by Gasteiger charge is 2.36. The molecule has 0 saturated carbocycles. The third-order valence-corrected chi connectivity index (χ3v) is 8.24. The van der Waals surface area contributed by atoms with Crippen molar-refractivity contribution in [2.75, 3.05) is 13.2 Å². The number of hydrogen-bond donors (Lipinski definition) is 0. The summed E-state index contributed by atoms with van der Waals surface area (Å²) in [5, 5.41) is 0. The summed E-state index contributed by atoms with van der Waals surface area (Å²) in [6.07, 6.45) is 15.3. The van der Waals surface area contributed by atoms with Gasteiger partial charge in [0.15, 0.2) is 0 Å². The summed E-state index contributed by atoms with van der Waals surface area (Å²) >= 11 is 0. The van der Waals surface area contributed by atoms with Crippen molar-refractivity contribution < 1.29 is 8.85 Å². The Kier molecular flexibility index (Phi) is 17.1. The van der Waals surface area contributed by atoms with E-state index in [4.69, 9.17) is 8.85 Å². The SMILES string of the molecule is CCCCCCO[Si](CCCC)(CCCC)OCCCCCC. The third-order valence-electron chi connectivity index (χ3n) is 4.55. The van der Waals surface area contributed by atoms with E-state index in [0.717, 1.165) is 13.2 Å². The van der Waals surface area contributed by atoms with Crippen LogP contribution in [0.15, 0.2) is 0 Å². The van der Waals surface area contributed by atoms with Gasteiger partial charge in [-0.2, -0.15) is 0 Å². The maximum absolute atomic E-state index is 6.50. The highest BCUT2D eigenvalue weighted by Crippen LogP contribution is 2.26. The van der Waals surface area contributed by atoms with Crippen molar-refractivity contribution in [2.45, 2.75) is 117 Å². The van der Waals surface area contributed by atoms with Crippen LogP contribution in [0.2, 0.25) is 12.1 Å². The average Bonchev–Trinajstić information content (AvgIpc) is 2.57. The van der Waals surface area contributed by atoms with Crippen molar-refractivity contribution in [2.24, 2.45) is 0 Å². The molecular formula is C20H44O2Si. The van der Waals surface area contributed by atoms with Gasteiger partial charge < -0.3 is 8.85 Å². The maximum Gasteiger partial charge on any atom is 0.338 e. The molecule has 140 valence electrons. The Hall–Kier alpha value is 0.137. The largest absolute Gasteiger partial charge is 0.394 e. The molecule has 0 fully saturated rings. The van der Waals surface area contributed by atoms with Gasteiger partial charge in [0.05, 0.1) is 0 Å². The van der Waals surface area contributed by atoms with Crippen molar-refractivity contribution >= 4 is 8.56 Å². The van der Waals surface area contributed by atoms with Crippen LogP contribution in [0.5, 0.6) is 0 Å². The molecule has 0 atom stereocenters. The van der Waals surface area contributed by atoms with Gasteiger partial charge in [-0.05, 0) is 24.9 Å². The van der Waals surface area contributed by atoms with Crippen LogP contribution in [-0.4, -0.2) is 21.8 Å². The van der Waals surface area contributed by atoms with Crippen LogP contribution in [0.1, 0.15) is 105 Å². The molecule has 0 aliphatic carbocycles. The van der Waals surface area contributed by atoms with Gasteiger partial charge in [0.25, 0.3) is 0 Å². The lowest BCUT2D eigenvalue weighted by Gasteiger charge is -2.31. The summed E-state index contributed by atoms with van der Waals surface area (Å²) in [6, 6.07) is 2.40. The Balaban J connectivity index is 4.40. The highest BCUT2D eigenvalue weighted by molar-refractivity contribution is 6.67. The molecule has 0 rings (SSSR count). The Bertz CT molecular complexity index is 210. The van der Waals surface area contributed by atoms with E-state index in [9.17, 15) is 0 Å². The van der Waals surface area contributed by atoms with E-state index in [1.807, 2.05) is 0 Å². The van der Waals surface area contributed by atoms with Gasteiger partial charge in [-0.15, -0.1) is 0 Å². The minimum Gasteiger partial charge on any atom is -0.394 e. The molecule has 0 radical (unpaired) electrons.